The van der Waals surface area contributed by atoms with Crippen LogP contribution in [0.1, 0.15) is 18.2 Å². The fourth-order valence-electron chi connectivity index (χ4n) is 3.27. The van der Waals surface area contributed by atoms with Gasteiger partial charge in [0.2, 0.25) is 0 Å². The number of benzene rings is 2. The van der Waals surface area contributed by atoms with Crippen LogP contribution in [0.4, 0.5) is 0 Å². The molecular weight excluding hydrogens is 481 g/mol. The summed E-state index contributed by atoms with van der Waals surface area (Å²) < 4.78 is 21.7. The first kappa shape index (κ1) is 29.5. The number of halogens is 2. The molecule has 10 heteroatoms. The second-order valence-electron chi connectivity index (χ2n) is 7.37. The molecule has 3 rings (SSSR count). The van der Waals surface area contributed by atoms with Crippen LogP contribution >= 0.6 is 24.8 Å². The monoisotopic (exact) mass is 513 g/mol. The molecule has 0 bridgehead atoms. The number of ether oxygens (including phenoxy) is 4. The first-order chi connectivity index (χ1) is 15.5. The van der Waals surface area contributed by atoms with E-state index in [2.05, 4.69) is 15.3 Å². The van der Waals surface area contributed by atoms with Crippen LogP contribution in [0.3, 0.4) is 0 Å². The standard InChI is InChI=1S/C24H31N3O5.2ClH/c1-16(28)24(25-12-11-17-5-10-21(30-3)22(13-17)31-4)32-20-8-6-18(7-9-20)23-26-14-19(27-23)15-29-2;;/h5-10,13-14,16,24-25,28H,11-12,15H2,1-4H3,(H,26,27);2*1H. The van der Waals surface area contributed by atoms with Crippen molar-refractivity contribution in [2.75, 3.05) is 27.9 Å². The molecule has 0 aliphatic rings. The van der Waals surface area contributed by atoms with Gasteiger partial charge in [-0.15, -0.1) is 24.8 Å². The van der Waals surface area contributed by atoms with Crippen molar-refractivity contribution >= 4 is 24.8 Å². The van der Waals surface area contributed by atoms with Gasteiger partial charge >= 0.3 is 0 Å². The summed E-state index contributed by atoms with van der Waals surface area (Å²) in [5.41, 5.74) is 2.88. The van der Waals surface area contributed by atoms with Gasteiger partial charge in [0.1, 0.15) is 17.7 Å². The highest BCUT2D eigenvalue weighted by Gasteiger charge is 2.16. The molecule has 1 aromatic heterocycles. The molecule has 0 amide bonds. The Labute approximate surface area is 212 Å². The average molecular weight is 514 g/mol. The number of aliphatic hydroxyl groups is 1. The summed E-state index contributed by atoms with van der Waals surface area (Å²) in [4.78, 5) is 7.63. The zero-order valence-electron chi connectivity index (χ0n) is 19.7. The Balaban J connectivity index is 0.00000289. The van der Waals surface area contributed by atoms with E-state index in [1.807, 2.05) is 48.7 Å². The molecular formula is C24H33Cl2N3O5. The van der Waals surface area contributed by atoms with Crippen LogP contribution in [0.5, 0.6) is 17.2 Å². The minimum absolute atomic E-state index is 0. The molecule has 0 aliphatic carbocycles. The maximum Gasteiger partial charge on any atom is 0.176 e. The summed E-state index contributed by atoms with van der Waals surface area (Å²) >= 11 is 0. The number of aliphatic hydroxyl groups excluding tert-OH is 1. The Morgan fingerprint density at radius 1 is 1.00 bits per heavy atom. The number of H-pyrrole nitrogens is 1. The number of hydrogen-bond acceptors (Lipinski definition) is 7. The molecule has 34 heavy (non-hydrogen) atoms. The first-order valence-corrected chi connectivity index (χ1v) is 10.5. The van der Waals surface area contributed by atoms with Gasteiger partial charge in [0.25, 0.3) is 0 Å². The van der Waals surface area contributed by atoms with E-state index in [-0.39, 0.29) is 24.8 Å². The Hall–Kier alpha value is -2.49. The average Bonchev–Trinajstić information content (AvgIpc) is 3.27. The molecule has 2 unspecified atom stereocenters. The predicted octanol–water partition coefficient (Wildman–Crippen LogP) is 4.00. The normalized spacial score (nSPS) is 12.1. The fourth-order valence-corrected chi connectivity index (χ4v) is 3.27. The molecule has 2 aromatic carbocycles. The van der Waals surface area contributed by atoms with E-state index in [0.717, 1.165) is 29.1 Å². The van der Waals surface area contributed by atoms with E-state index >= 15 is 0 Å². The lowest BCUT2D eigenvalue weighted by Gasteiger charge is -2.23. The number of nitrogens with one attached hydrogen (secondary N) is 2. The lowest BCUT2D eigenvalue weighted by molar-refractivity contribution is 0.0274. The van der Waals surface area contributed by atoms with Gasteiger partial charge in [-0.3, -0.25) is 5.32 Å². The second kappa shape index (κ2) is 14.7. The largest absolute Gasteiger partial charge is 0.493 e. The highest BCUT2D eigenvalue weighted by atomic mass is 35.5. The number of aromatic nitrogens is 2. The minimum atomic E-state index is -0.693. The molecule has 3 N–H and O–H groups in total. The van der Waals surface area contributed by atoms with Gasteiger partial charge in [-0.1, -0.05) is 6.07 Å². The summed E-state index contributed by atoms with van der Waals surface area (Å²) in [5.74, 6) is 2.81. The summed E-state index contributed by atoms with van der Waals surface area (Å²) in [6, 6.07) is 13.4. The number of rotatable bonds is 12. The van der Waals surface area contributed by atoms with Gasteiger partial charge in [-0.25, -0.2) is 4.98 Å². The van der Waals surface area contributed by atoms with Crippen molar-refractivity contribution < 1.29 is 24.1 Å². The molecule has 0 saturated carbocycles. The summed E-state index contributed by atoms with van der Waals surface area (Å²) in [6.45, 7) is 2.78. The highest BCUT2D eigenvalue weighted by molar-refractivity contribution is 5.85. The van der Waals surface area contributed by atoms with Gasteiger partial charge in [0.05, 0.1) is 26.5 Å². The summed E-state index contributed by atoms with van der Waals surface area (Å²) in [6.07, 6.45) is 1.34. The van der Waals surface area contributed by atoms with Crippen molar-refractivity contribution in [3.05, 3.63) is 59.9 Å². The molecule has 3 aromatic rings. The Kier molecular flexibility index (Phi) is 12.8. The van der Waals surface area contributed by atoms with Crippen LogP contribution in [0, 0.1) is 0 Å². The molecule has 8 nitrogen and oxygen atoms in total. The topological polar surface area (TPSA) is 97.9 Å². The molecule has 0 spiro atoms. The number of aromatic amines is 1. The lowest BCUT2D eigenvalue weighted by Crippen LogP contribution is -2.43. The minimum Gasteiger partial charge on any atom is -0.493 e. The molecule has 0 aliphatic heterocycles. The lowest BCUT2D eigenvalue weighted by atomic mass is 10.1. The van der Waals surface area contributed by atoms with Crippen molar-refractivity contribution in [1.29, 1.82) is 0 Å². The zero-order valence-corrected chi connectivity index (χ0v) is 21.4. The van der Waals surface area contributed by atoms with Gasteiger partial charge in [-0.05, 0) is 55.3 Å². The van der Waals surface area contributed by atoms with Gasteiger partial charge in [-0.2, -0.15) is 0 Å². The van der Waals surface area contributed by atoms with Crippen LogP contribution < -0.4 is 19.5 Å². The number of imidazole rings is 1. The first-order valence-electron chi connectivity index (χ1n) is 10.5. The molecule has 0 saturated heterocycles. The molecule has 188 valence electrons. The van der Waals surface area contributed by atoms with Crippen molar-refractivity contribution in [2.24, 2.45) is 0 Å². The number of nitrogens with zero attached hydrogens (tertiary/aromatic N) is 1. The Bertz CT molecular complexity index is 983. The van der Waals surface area contributed by atoms with Gasteiger partial charge in [0, 0.05) is 25.4 Å². The van der Waals surface area contributed by atoms with Crippen molar-refractivity contribution in [2.45, 2.75) is 32.3 Å². The molecule has 0 fully saturated rings. The van der Waals surface area contributed by atoms with Crippen molar-refractivity contribution in [1.82, 2.24) is 15.3 Å². The van der Waals surface area contributed by atoms with Crippen LogP contribution in [0.15, 0.2) is 48.7 Å². The van der Waals surface area contributed by atoms with Crippen molar-refractivity contribution in [3.8, 4) is 28.6 Å². The van der Waals surface area contributed by atoms with E-state index in [9.17, 15) is 5.11 Å². The predicted molar refractivity (Wildman–Crippen MR) is 137 cm³/mol. The van der Waals surface area contributed by atoms with E-state index in [4.69, 9.17) is 18.9 Å². The Morgan fingerprint density at radius 2 is 1.71 bits per heavy atom. The van der Waals surface area contributed by atoms with Crippen LogP contribution in [-0.4, -0.2) is 55.3 Å². The SMILES string of the molecule is COCc1c[nH]c(-c2ccc(OC(NCCc3ccc(OC)c(OC)c3)C(C)O)cc2)n1.Cl.Cl. The fraction of sp³-hybridized carbons (Fsp3) is 0.375. The summed E-state index contributed by atoms with van der Waals surface area (Å²) in [7, 11) is 4.87. The van der Waals surface area contributed by atoms with E-state index in [1.165, 1.54) is 0 Å². The maximum absolute atomic E-state index is 10.2. The van der Waals surface area contributed by atoms with Gasteiger partial charge in [0.15, 0.2) is 17.7 Å². The smallest absolute Gasteiger partial charge is 0.176 e. The van der Waals surface area contributed by atoms with E-state index in [0.29, 0.717) is 30.4 Å². The number of methoxy groups -OCH3 is 3. The third-order valence-corrected chi connectivity index (χ3v) is 4.96. The zero-order chi connectivity index (χ0) is 22.9. The van der Waals surface area contributed by atoms with E-state index < -0.39 is 12.3 Å². The third kappa shape index (κ3) is 8.07. The highest BCUT2D eigenvalue weighted by Crippen LogP contribution is 2.27. The molecule has 1 heterocycles. The van der Waals surface area contributed by atoms with Crippen LogP contribution in [0.25, 0.3) is 11.4 Å². The molecule has 0 radical (unpaired) electrons. The summed E-state index contributed by atoms with van der Waals surface area (Å²) in [5, 5.41) is 13.4. The van der Waals surface area contributed by atoms with Crippen LogP contribution in [-0.2, 0) is 17.8 Å². The van der Waals surface area contributed by atoms with Crippen LogP contribution in [0.2, 0.25) is 0 Å². The Morgan fingerprint density at radius 3 is 2.32 bits per heavy atom. The molecule has 2 atom stereocenters. The second-order valence-corrected chi connectivity index (χ2v) is 7.37. The van der Waals surface area contributed by atoms with Gasteiger partial charge < -0.3 is 29.0 Å². The quantitative estimate of drug-likeness (QED) is 0.315. The van der Waals surface area contributed by atoms with Crippen molar-refractivity contribution in [3.63, 3.8) is 0 Å². The third-order valence-electron chi connectivity index (χ3n) is 4.96. The number of hydrogen-bond donors (Lipinski definition) is 3. The maximum atomic E-state index is 10.2. The van der Waals surface area contributed by atoms with E-state index in [1.54, 1.807) is 28.3 Å².